The van der Waals surface area contributed by atoms with Crippen LogP contribution < -0.4 is 20.1 Å². The van der Waals surface area contributed by atoms with Crippen molar-refractivity contribution in [2.75, 3.05) is 6.61 Å². The molecule has 2 aliphatic rings. The summed E-state index contributed by atoms with van der Waals surface area (Å²) in [7, 11) is 0. The average molecular weight is 332 g/mol. The van der Waals surface area contributed by atoms with Crippen molar-refractivity contribution in [3.63, 3.8) is 0 Å². The second-order valence-corrected chi connectivity index (χ2v) is 6.31. The van der Waals surface area contributed by atoms with Crippen LogP contribution in [0.25, 0.3) is 0 Å². The van der Waals surface area contributed by atoms with Gasteiger partial charge >= 0.3 is 6.03 Å². The number of ether oxygens (including phenoxy) is 2. The number of barbiturate groups is 1. The van der Waals surface area contributed by atoms with Crippen molar-refractivity contribution in [2.45, 2.75) is 38.2 Å². The molecule has 0 radical (unpaired) electrons. The van der Waals surface area contributed by atoms with Crippen molar-refractivity contribution in [1.29, 1.82) is 0 Å². The van der Waals surface area contributed by atoms with E-state index in [1.807, 2.05) is 10.6 Å². The monoisotopic (exact) mass is 332 g/mol. The largest absolute Gasteiger partial charge is 0.493 e. The molecule has 1 aromatic rings. The summed E-state index contributed by atoms with van der Waals surface area (Å²) in [5.74, 6) is 0.0834. The van der Waals surface area contributed by atoms with Gasteiger partial charge in [0.15, 0.2) is 0 Å². The normalized spacial score (nSPS) is 20.5. The first kappa shape index (κ1) is 16.3. The van der Waals surface area contributed by atoms with Crippen molar-refractivity contribution in [3.05, 3.63) is 24.3 Å². The molecule has 3 rings (SSSR count). The number of rotatable bonds is 5. The Morgan fingerprint density at radius 2 is 1.54 bits per heavy atom. The quantitative estimate of drug-likeness (QED) is 0.801. The van der Waals surface area contributed by atoms with E-state index in [-0.39, 0.29) is 0 Å². The van der Waals surface area contributed by atoms with Gasteiger partial charge in [0.1, 0.15) is 11.5 Å². The number of carbonyl (C=O) groups excluding carboxylic acids is 3. The van der Waals surface area contributed by atoms with E-state index in [4.69, 9.17) is 9.47 Å². The second-order valence-electron chi connectivity index (χ2n) is 6.31. The maximum absolute atomic E-state index is 11.9. The molecule has 0 atom stereocenters. The van der Waals surface area contributed by atoms with Crippen LogP contribution in [-0.4, -0.2) is 30.1 Å². The Balaban J connectivity index is 1.61. The summed E-state index contributed by atoms with van der Waals surface area (Å²) in [6.07, 6.45) is 4.96. The Morgan fingerprint density at radius 3 is 2.12 bits per heavy atom. The van der Waals surface area contributed by atoms with Gasteiger partial charge in [-0.2, -0.15) is 0 Å². The summed E-state index contributed by atoms with van der Waals surface area (Å²) in [6, 6.07) is 5.88. The minimum atomic E-state index is -1.79. The molecule has 24 heavy (non-hydrogen) atoms. The Labute approximate surface area is 139 Å². The van der Waals surface area contributed by atoms with Gasteiger partial charge < -0.3 is 9.47 Å². The Kier molecular flexibility index (Phi) is 4.42. The Bertz CT molecular complexity index is 629. The fourth-order valence-corrected chi connectivity index (χ4v) is 2.90. The van der Waals surface area contributed by atoms with E-state index in [0.29, 0.717) is 24.0 Å². The zero-order valence-electron chi connectivity index (χ0n) is 13.5. The number of imide groups is 2. The lowest BCUT2D eigenvalue weighted by molar-refractivity contribution is -0.149. The lowest BCUT2D eigenvalue weighted by atomic mass is 10.0. The molecule has 7 nitrogen and oxygen atoms in total. The zero-order chi connectivity index (χ0) is 17.2. The summed E-state index contributed by atoms with van der Waals surface area (Å²) in [5, 5.41) is 4.05. The average Bonchev–Trinajstić information content (AvgIpc) is 3.06. The van der Waals surface area contributed by atoms with Crippen molar-refractivity contribution in [2.24, 2.45) is 5.92 Å². The van der Waals surface area contributed by atoms with Crippen molar-refractivity contribution < 1.29 is 23.9 Å². The summed E-state index contributed by atoms with van der Waals surface area (Å²) in [6.45, 7) is 2.01. The highest BCUT2D eigenvalue weighted by Gasteiger charge is 2.48. The van der Waals surface area contributed by atoms with Crippen molar-refractivity contribution >= 4 is 17.8 Å². The van der Waals surface area contributed by atoms with Crippen LogP contribution in [0.5, 0.6) is 11.5 Å². The highest BCUT2D eigenvalue weighted by Crippen LogP contribution is 2.27. The van der Waals surface area contributed by atoms with Gasteiger partial charge in [0.2, 0.25) is 0 Å². The minimum Gasteiger partial charge on any atom is -0.493 e. The predicted molar refractivity (Wildman–Crippen MR) is 84.6 cm³/mol. The fraction of sp³-hybridized carbons (Fsp3) is 0.471. The van der Waals surface area contributed by atoms with Gasteiger partial charge in [-0.05, 0) is 49.9 Å². The molecule has 1 saturated carbocycles. The third-order valence-corrected chi connectivity index (χ3v) is 4.43. The topological polar surface area (TPSA) is 93.7 Å². The third-order valence-electron chi connectivity index (χ3n) is 4.43. The van der Waals surface area contributed by atoms with E-state index >= 15 is 0 Å². The number of hydrogen-bond donors (Lipinski definition) is 2. The molecule has 0 unspecified atom stereocenters. The summed E-state index contributed by atoms with van der Waals surface area (Å²) < 4.78 is 11.3. The molecule has 2 N–H and O–H groups in total. The SMILES string of the molecule is CC1(Oc2ccc(OCC3CCCC3)cc2)C(=O)NC(=O)NC1=O. The lowest BCUT2D eigenvalue weighted by Gasteiger charge is -2.30. The number of amides is 4. The summed E-state index contributed by atoms with van der Waals surface area (Å²) in [5.41, 5.74) is -1.79. The Hall–Kier alpha value is -2.57. The van der Waals surface area contributed by atoms with E-state index in [1.165, 1.54) is 32.6 Å². The molecule has 0 spiro atoms. The van der Waals surface area contributed by atoms with Gasteiger partial charge in [-0.3, -0.25) is 20.2 Å². The third kappa shape index (κ3) is 3.34. The van der Waals surface area contributed by atoms with E-state index < -0.39 is 23.4 Å². The molecule has 128 valence electrons. The maximum Gasteiger partial charge on any atom is 0.328 e. The van der Waals surface area contributed by atoms with Gasteiger partial charge in [-0.25, -0.2) is 4.79 Å². The first-order valence-electron chi connectivity index (χ1n) is 8.06. The molecule has 1 aromatic carbocycles. The van der Waals surface area contributed by atoms with Crippen LogP contribution in [0.15, 0.2) is 24.3 Å². The molecule has 0 aromatic heterocycles. The number of nitrogens with one attached hydrogen (secondary N) is 2. The fourth-order valence-electron chi connectivity index (χ4n) is 2.90. The highest BCUT2D eigenvalue weighted by atomic mass is 16.5. The molecule has 0 bridgehead atoms. The van der Waals surface area contributed by atoms with Gasteiger partial charge in [0.05, 0.1) is 6.61 Å². The smallest absolute Gasteiger partial charge is 0.328 e. The molecule has 1 saturated heterocycles. The van der Waals surface area contributed by atoms with E-state index in [2.05, 4.69) is 0 Å². The second kappa shape index (κ2) is 6.51. The maximum atomic E-state index is 11.9. The van der Waals surface area contributed by atoms with Crippen LogP contribution >= 0.6 is 0 Å². The van der Waals surface area contributed by atoms with Gasteiger partial charge in [0, 0.05) is 0 Å². The highest BCUT2D eigenvalue weighted by molar-refractivity contribution is 6.21. The van der Waals surface area contributed by atoms with Crippen LogP contribution in [0.1, 0.15) is 32.6 Å². The molecular formula is C17H20N2O5. The van der Waals surface area contributed by atoms with E-state index in [9.17, 15) is 14.4 Å². The van der Waals surface area contributed by atoms with Crippen molar-refractivity contribution in [1.82, 2.24) is 10.6 Å². The van der Waals surface area contributed by atoms with Crippen LogP contribution in [0.3, 0.4) is 0 Å². The van der Waals surface area contributed by atoms with Crippen LogP contribution in [0, 0.1) is 5.92 Å². The van der Waals surface area contributed by atoms with E-state index in [0.717, 1.165) is 0 Å². The first-order chi connectivity index (χ1) is 11.5. The van der Waals surface area contributed by atoms with Gasteiger partial charge in [0.25, 0.3) is 17.4 Å². The van der Waals surface area contributed by atoms with Crippen LogP contribution in [0.2, 0.25) is 0 Å². The van der Waals surface area contributed by atoms with Gasteiger partial charge in [-0.1, -0.05) is 12.8 Å². The van der Waals surface area contributed by atoms with Gasteiger partial charge in [-0.15, -0.1) is 0 Å². The molecule has 1 aliphatic heterocycles. The molecule has 7 heteroatoms. The molecule has 1 aliphatic carbocycles. The minimum absolute atomic E-state index is 0.338. The number of hydrogen-bond acceptors (Lipinski definition) is 5. The standard InChI is InChI=1S/C17H20N2O5/c1-17(14(20)18-16(22)19-15(17)21)24-13-8-6-12(7-9-13)23-10-11-4-2-3-5-11/h6-9,11H,2-5,10H2,1H3,(H2,18,19,20,21,22). The zero-order valence-corrected chi connectivity index (χ0v) is 13.5. The summed E-state index contributed by atoms with van der Waals surface area (Å²) >= 11 is 0. The van der Waals surface area contributed by atoms with Crippen molar-refractivity contribution in [3.8, 4) is 11.5 Å². The first-order valence-corrected chi connectivity index (χ1v) is 8.06. The number of benzene rings is 1. The lowest BCUT2D eigenvalue weighted by Crippen LogP contribution is -2.67. The predicted octanol–water partition coefficient (Wildman–Crippen LogP) is 1.76. The molecule has 4 amide bonds. The molecular weight excluding hydrogens is 312 g/mol. The molecule has 1 heterocycles. The van der Waals surface area contributed by atoms with Crippen LogP contribution in [0.4, 0.5) is 4.79 Å². The number of carbonyl (C=O) groups is 3. The summed E-state index contributed by atoms with van der Waals surface area (Å²) in [4.78, 5) is 34.9. The number of urea groups is 1. The Morgan fingerprint density at radius 1 is 1.00 bits per heavy atom. The van der Waals surface area contributed by atoms with E-state index in [1.54, 1.807) is 24.3 Å². The van der Waals surface area contributed by atoms with Crippen LogP contribution in [-0.2, 0) is 9.59 Å². The molecule has 2 fully saturated rings.